The van der Waals surface area contributed by atoms with Gasteiger partial charge in [-0.2, -0.15) is 0 Å². The molecular weight excluding hydrogens is 543 g/mol. The smallest absolute Gasteiger partial charge is 0.277 e. The summed E-state index contributed by atoms with van der Waals surface area (Å²) in [6.45, 7) is 0. The first-order chi connectivity index (χ1) is 17.2. The lowest BCUT2D eigenvalue weighted by atomic mass is 10.2. The molecule has 0 spiro atoms. The molecule has 1 N–H and O–H groups in total. The molecule has 0 amide bonds. The molecule has 5 rings (SSSR count). The minimum atomic E-state index is -3.94. The first kappa shape index (κ1) is 24.2. The van der Waals surface area contributed by atoms with Crippen molar-refractivity contribution in [3.05, 3.63) is 92.3 Å². The van der Waals surface area contributed by atoms with E-state index in [4.69, 9.17) is 23.2 Å². The van der Waals surface area contributed by atoms with Crippen LogP contribution in [0.1, 0.15) is 5.56 Å². The van der Waals surface area contributed by atoms with Crippen LogP contribution in [0.25, 0.3) is 32.9 Å². The van der Waals surface area contributed by atoms with Crippen molar-refractivity contribution in [2.24, 2.45) is 7.05 Å². The van der Waals surface area contributed by atoms with E-state index in [-0.39, 0.29) is 16.8 Å². The van der Waals surface area contributed by atoms with Gasteiger partial charge in [-0.3, -0.25) is 9.52 Å². The Kier molecular flexibility index (Phi) is 6.39. The molecule has 0 bridgehead atoms. The molecule has 0 fully saturated rings. The lowest BCUT2D eigenvalue weighted by molar-refractivity contribution is 0.609. The highest BCUT2D eigenvalue weighted by Gasteiger charge is 2.21. The molecule has 3 heterocycles. The fourth-order valence-electron chi connectivity index (χ4n) is 3.47. The van der Waals surface area contributed by atoms with Crippen LogP contribution in [0.5, 0.6) is 0 Å². The maximum atomic E-state index is 13.0. The summed E-state index contributed by atoms with van der Waals surface area (Å²) in [6.07, 6.45) is 4.09. The van der Waals surface area contributed by atoms with Gasteiger partial charge >= 0.3 is 0 Å². The van der Waals surface area contributed by atoms with Crippen molar-refractivity contribution in [1.82, 2.24) is 24.4 Å². The SMILES string of the molecule is Cn1c(=O)c(-c2nnc(-c3ccccc3)s2)c2ncc(NS(=O)(=O)C=Cc3c(Cl)cccc3Cl)cn21. The molecule has 0 saturated carbocycles. The quantitative estimate of drug-likeness (QED) is 0.316. The second kappa shape index (κ2) is 9.51. The van der Waals surface area contributed by atoms with Crippen molar-refractivity contribution in [3.8, 4) is 21.1 Å². The zero-order chi connectivity index (χ0) is 25.4. The van der Waals surface area contributed by atoms with E-state index in [0.29, 0.717) is 31.3 Å². The van der Waals surface area contributed by atoms with Crippen molar-refractivity contribution >= 4 is 62.0 Å². The molecule has 0 atom stereocenters. The van der Waals surface area contributed by atoms with Gasteiger partial charge in [0.1, 0.15) is 10.6 Å². The van der Waals surface area contributed by atoms with E-state index in [0.717, 1.165) is 11.0 Å². The van der Waals surface area contributed by atoms with Gasteiger partial charge in [0.2, 0.25) is 0 Å². The number of hydrogen-bond acceptors (Lipinski definition) is 7. The number of benzene rings is 2. The van der Waals surface area contributed by atoms with Crippen molar-refractivity contribution in [2.45, 2.75) is 0 Å². The molecule has 36 heavy (non-hydrogen) atoms. The van der Waals surface area contributed by atoms with Crippen LogP contribution in [-0.2, 0) is 17.1 Å². The lowest BCUT2D eigenvalue weighted by Gasteiger charge is -2.07. The molecule has 3 aromatic heterocycles. The number of fused-ring (bicyclic) bond motifs is 1. The van der Waals surface area contributed by atoms with Crippen LogP contribution in [0.4, 0.5) is 5.69 Å². The summed E-state index contributed by atoms with van der Waals surface area (Å²) in [6, 6.07) is 14.4. The molecule has 13 heteroatoms. The molecule has 0 aliphatic carbocycles. The van der Waals surface area contributed by atoms with Crippen molar-refractivity contribution < 1.29 is 8.42 Å². The second-order valence-electron chi connectivity index (χ2n) is 7.58. The lowest BCUT2D eigenvalue weighted by Crippen LogP contribution is -2.16. The number of hydrogen-bond donors (Lipinski definition) is 1. The molecule has 0 aliphatic heterocycles. The number of nitrogens with one attached hydrogen (secondary N) is 1. The van der Waals surface area contributed by atoms with Gasteiger partial charge in [-0.05, 0) is 18.2 Å². The van der Waals surface area contributed by atoms with E-state index < -0.39 is 10.0 Å². The maximum Gasteiger partial charge on any atom is 0.279 e. The third-order valence-electron chi connectivity index (χ3n) is 5.19. The zero-order valence-corrected chi connectivity index (χ0v) is 21.6. The van der Waals surface area contributed by atoms with Crippen molar-refractivity contribution in [2.75, 3.05) is 4.72 Å². The van der Waals surface area contributed by atoms with Gasteiger partial charge < -0.3 is 0 Å². The first-order valence-electron chi connectivity index (χ1n) is 10.3. The molecule has 0 aliphatic rings. The molecule has 2 aromatic carbocycles. The van der Waals surface area contributed by atoms with Crippen LogP contribution in [-0.4, -0.2) is 32.8 Å². The summed E-state index contributed by atoms with van der Waals surface area (Å²) in [5, 5.41) is 11.1. The van der Waals surface area contributed by atoms with Crippen molar-refractivity contribution in [3.63, 3.8) is 0 Å². The van der Waals surface area contributed by atoms with E-state index in [9.17, 15) is 13.2 Å². The van der Waals surface area contributed by atoms with Crippen LogP contribution in [0, 0.1) is 0 Å². The predicted octanol–water partition coefficient (Wildman–Crippen LogP) is 4.94. The highest BCUT2D eigenvalue weighted by Crippen LogP contribution is 2.30. The van der Waals surface area contributed by atoms with E-state index in [1.54, 1.807) is 25.2 Å². The Morgan fingerprint density at radius 1 is 1.00 bits per heavy atom. The Labute approximate surface area is 219 Å². The highest BCUT2D eigenvalue weighted by molar-refractivity contribution is 7.95. The van der Waals surface area contributed by atoms with E-state index in [1.807, 2.05) is 30.3 Å². The Hall–Kier alpha value is -3.51. The second-order valence-corrected chi connectivity index (χ2v) is 10.9. The van der Waals surface area contributed by atoms with Gasteiger partial charge in [0, 0.05) is 28.2 Å². The molecule has 0 saturated heterocycles. The van der Waals surface area contributed by atoms with E-state index in [2.05, 4.69) is 19.9 Å². The number of aryl methyl sites for hydroxylation is 1. The van der Waals surface area contributed by atoms with Crippen LogP contribution in [0.3, 0.4) is 0 Å². The third kappa shape index (κ3) is 4.65. The number of nitrogens with zero attached hydrogens (tertiary/aromatic N) is 5. The predicted molar refractivity (Wildman–Crippen MR) is 143 cm³/mol. The van der Waals surface area contributed by atoms with E-state index >= 15 is 0 Å². The minimum absolute atomic E-state index is 0.150. The van der Waals surface area contributed by atoms with Crippen molar-refractivity contribution in [1.29, 1.82) is 0 Å². The third-order valence-corrected chi connectivity index (χ3v) is 7.86. The van der Waals surface area contributed by atoms with Gasteiger partial charge in [-0.25, -0.2) is 22.6 Å². The summed E-state index contributed by atoms with van der Waals surface area (Å²) in [5.41, 5.74) is 1.67. The highest BCUT2D eigenvalue weighted by atomic mass is 35.5. The number of halogens is 2. The zero-order valence-electron chi connectivity index (χ0n) is 18.5. The fourth-order valence-corrected chi connectivity index (χ4v) is 5.69. The Morgan fingerprint density at radius 3 is 2.42 bits per heavy atom. The van der Waals surface area contributed by atoms with Crippen LogP contribution in [0.15, 0.2) is 71.1 Å². The monoisotopic (exact) mass is 558 g/mol. The standard InChI is InChI=1S/C23H16Cl2N6O3S2/c1-30-23(32)19(22-28-27-21(35-22)14-6-3-2-4-7-14)20-26-12-15(13-31(20)30)29-36(33,34)11-10-16-17(24)8-5-9-18(16)25/h2-13,29H,1H3. The van der Waals surface area contributed by atoms with Gasteiger partial charge in [0.15, 0.2) is 10.7 Å². The largest absolute Gasteiger partial charge is 0.279 e. The number of rotatable bonds is 6. The topological polar surface area (TPSA) is 111 Å². The summed E-state index contributed by atoms with van der Waals surface area (Å²) in [4.78, 5) is 17.4. The summed E-state index contributed by atoms with van der Waals surface area (Å²) < 4.78 is 30.5. The Morgan fingerprint density at radius 2 is 1.69 bits per heavy atom. The average molecular weight is 559 g/mol. The summed E-state index contributed by atoms with van der Waals surface area (Å²) in [5.74, 6) is 0. The molecule has 5 aromatic rings. The van der Waals surface area contributed by atoms with Crippen LogP contribution >= 0.6 is 34.5 Å². The van der Waals surface area contributed by atoms with Gasteiger partial charge in [-0.15, -0.1) is 10.2 Å². The Balaban J connectivity index is 1.47. The molecule has 9 nitrogen and oxygen atoms in total. The minimum Gasteiger partial charge on any atom is -0.277 e. The normalized spacial score (nSPS) is 12.0. The van der Waals surface area contributed by atoms with Gasteiger partial charge in [0.05, 0.1) is 23.5 Å². The van der Waals surface area contributed by atoms with Gasteiger partial charge in [-0.1, -0.05) is 70.9 Å². The van der Waals surface area contributed by atoms with Crippen LogP contribution < -0.4 is 10.3 Å². The number of anilines is 1. The van der Waals surface area contributed by atoms with Gasteiger partial charge in [0.25, 0.3) is 15.6 Å². The Bertz CT molecular complexity index is 1770. The average Bonchev–Trinajstić information content (AvgIpc) is 3.42. The molecule has 0 radical (unpaired) electrons. The van der Waals surface area contributed by atoms with E-state index in [1.165, 1.54) is 39.0 Å². The number of sulfonamides is 1. The molecular formula is C23H16Cl2N6O3S2. The molecule has 182 valence electrons. The van der Waals surface area contributed by atoms with Crippen LogP contribution in [0.2, 0.25) is 10.0 Å². The maximum absolute atomic E-state index is 13.0. The molecule has 0 unspecified atom stereocenters. The summed E-state index contributed by atoms with van der Waals surface area (Å²) >= 11 is 13.5. The number of aromatic nitrogens is 5. The summed E-state index contributed by atoms with van der Waals surface area (Å²) in [7, 11) is -2.39. The first-order valence-corrected chi connectivity index (χ1v) is 13.5. The fraction of sp³-hybridized carbons (Fsp3) is 0.0435.